The summed E-state index contributed by atoms with van der Waals surface area (Å²) < 4.78 is 0. The minimum Gasteiger partial charge on any atom is -0.267 e. The average molecular weight is 351 g/mol. The van der Waals surface area contributed by atoms with E-state index in [1.54, 1.807) is 12.1 Å². The Hall–Kier alpha value is -2.99. The number of hydrogen-bond acceptors (Lipinski definition) is 4. The predicted molar refractivity (Wildman–Crippen MR) is 98.3 cm³/mol. The molecule has 0 aliphatic carbocycles. The number of aromatic nitrogens is 1. The number of nitrogens with zero attached hydrogens (tertiary/aromatic N) is 1. The number of hydrogen-bond donors (Lipinski definition) is 2. The van der Waals surface area contributed by atoms with Crippen molar-refractivity contribution in [1.29, 1.82) is 0 Å². The Morgan fingerprint density at radius 2 is 1.64 bits per heavy atom. The van der Waals surface area contributed by atoms with Crippen LogP contribution < -0.4 is 10.9 Å². The fourth-order valence-electron chi connectivity index (χ4n) is 2.23. The van der Waals surface area contributed by atoms with Crippen LogP contribution in [0.3, 0.4) is 0 Å². The predicted octanol–water partition coefficient (Wildman–Crippen LogP) is 3.45. The van der Waals surface area contributed by atoms with Crippen molar-refractivity contribution < 1.29 is 9.59 Å². The van der Waals surface area contributed by atoms with Gasteiger partial charge in [0.25, 0.3) is 11.8 Å². The third-order valence-corrected chi connectivity index (χ3v) is 4.71. The second-order valence-electron chi connectivity index (χ2n) is 5.35. The number of nitrogens with one attached hydrogen (secondary N) is 2. The first-order chi connectivity index (χ1) is 12.2. The second-order valence-corrected chi connectivity index (χ2v) is 6.39. The lowest BCUT2D eigenvalue weighted by molar-refractivity contribution is 0.0849. The molecular weight excluding hydrogens is 334 g/mol. The van der Waals surface area contributed by atoms with Gasteiger partial charge in [-0.05, 0) is 24.1 Å². The lowest BCUT2D eigenvalue weighted by atomic mass is 10.1. The molecule has 6 heteroatoms. The fourth-order valence-corrected chi connectivity index (χ4v) is 3.05. The molecule has 3 aromatic rings. The molecule has 0 radical (unpaired) electrons. The molecule has 0 aliphatic rings. The highest BCUT2D eigenvalue weighted by Gasteiger charge is 2.13. The number of thiazole rings is 1. The van der Waals surface area contributed by atoms with Crippen molar-refractivity contribution in [3.63, 3.8) is 0 Å². The summed E-state index contributed by atoms with van der Waals surface area (Å²) in [6, 6.07) is 16.9. The van der Waals surface area contributed by atoms with Gasteiger partial charge in [0.2, 0.25) is 0 Å². The lowest BCUT2D eigenvalue weighted by Crippen LogP contribution is -2.41. The van der Waals surface area contributed by atoms with Gasteiger partial charge >= 0.3 is 0 Å². The first-order valence-electron chi connectivity index (χ1n) is 7.88. The molecule has 0 atom stereocenters. The van der Waals surface area contributed by atoms with E-state index in [0.717, 1.165) is 22.6 Å². The van der Waals surface area contributed by atoms with Crippen molar-refractivity contribution in [2.45, 2.75) is 13.3 Å². The van der Waals surface area contributed by atoms with E-state index in [1.165, 1.54) is 17.5 Å². The molecule has 126 valence electrons. The van der Waals surface area contributed by atoms with Gasteiger partial charge in [0.1, 0.15) is 9.88 Å². The smallest absolute Gasteiger partial charge is 0.267 e. The summed E-state index contributed by atoms with van der Waals surface area (Å²) in [5, 5.41) is 0.757. The maximum absolute atomic E-state index is 12.2. The van der Waals surface area contributed by atoms with Crippen LogP contribution in [0.2, 0.25) is 0 Å². The summed E-state index contributed by atoms with van der Waals surface area (Å²) in [6.07, 6.45) is 2.41. The summed E-state index contributed by atoms with van der Waals surface area (Å²) in [6.45, 7) is 2.05. The molecule has 25 heavy (non-hydrogen) atoms. The van der Waals surface area contributed by atoms with Gasteiger partial charge in [-0.15, -0.1) is 11.3 Å². The van der Waals surface area contributed by atoms with E-state index in [-0.39, 0.29) is 5.91 Å². The van der Waals surface area contributed by atoms with Crippen molar-refractivity contribution in [3.05, 3.63) is 76.8 Å². The van der Waals surface area contributed by atoms with Gasteiger partial charge in [-0.2, -0.15) is 0 Å². The van der Waals surface area contributed by atoms with Crippen molar-refractivity contribution in [3.8, 4) is 10.6 Å². The standard InChI is InChI=1S/C19H17N3O2S/c1-2-13-8-10-14(11-9-13)17(23)21-22-18(24)16-12-20-19(25-16)15-6-4-3-5-7-15/h3-12H,2H2,1H3,(H,21,23)(H,22,24). The van der Waals surface area contributed by atoms with Crippen molar-refractivity contribution in [2.24, 2.45) is 0 Å². The molecule has 0 saturated heterocycles. The summed E-state index contributed by atoms with van der Waals surface area (Å²) in [5.41, 5.74) is 7.44. The summed E-state index contributed by atoms with van der Waals surface area (Å²) in [7, 11) is 0. The van der Waals surface area contributed by atoms with Crippen LogP contribution in [0.4, 0.5) is 0 Å². The zero-order valence-corrected chi connectivity index (χ0v) is 14.5. The van der Waals surface area contributed by atoms with Crippen molar-refractivity contribution in [1.82, 2.24) is 15.8 Å². The monoisotopic (exact) mass is 351 g/mol. The number of carbonyl (C=O) groups is 2. The first kappa shape index (κ1) is 16.9. The summed E-state index contributed by atoms with van der Waals surface area (Å²) in [4.78, 5) is 28.9. The number of amides is 2. The molecule has 0 saturated carbocycles. The second kappa shape index (κ2) is 7.72. The van der Waals surface area contributed by atoms with Crippen molar-refractivity contribution >= 4 is 23.2 Å². The number of benzene rings is 2. The minimum atomic E-state index is -0.391. The van der Waals surface area contributed by atoms with E-state index in [4.69, 9.17) is 0 Å². The van der Waals surface area contributed by atoms with E-state index in [1.807, 2.05) is 49.4 Å². The minimum absolute atomic E-state index is 0.358. The highest BCUT2D eigenvalue weighted by atomic mass is 32.1. The Bertz CT molecular complexity index is 873. The molecule has 2 aromatic carbocycles. The molecule has 2 N–H and O–H groups in total. The van der Waals surface area contributed by atoms with Gasteiger partial charge in [0.15, 0.2) is 0 Å². The summed E-state index contributed by atoms with van der Waals surface area (Å²) >= 11 is 1.27. The fraction of sp³-hybridized carbons (Fsp3) is 0.105. The molecule has 2 amide bonds. The zero-order chi connectivity index (χ0) is 17.6. The average Bonchev–Trinajstić information content (AvgIpc) is 3.17. The molecule has 3 rings (SSSR count). The van der Waals surface area contributed by atoms with Gasteiger partial charge < -0.3 is 0 Å². The van der Waals surface area contributed by atoms with Gasteiger partial charge in [0.05, 0.1) is 6.20 Å². The van der Waals surface area contributed by atoms with Crippen LogP contribution in [0.15, 0.2) is 60.8 Å². The van der Waals surface area contributed by atoms with E-state index >= 15 is 0 Å². The molecule has 1 aromatic heterocycles. The van der Waals surface area contributed by atoms with Crippen LogP contribution >= 0.6 is 11.3 Å². The van der Waals surface area contributed by atoms with Gasteiger partial charge in [0, 0.05) is 11.1 Å². The number of hydrazine groups is 1. The summed E-state index contributed by atoms with van der Waals surface area (Å²) in [5.74, 6) is -0.748. The largest absolute Gasteiger partial charge is 0.281 e. The number of aryl methyl sites for hydroxylation is 1. The first-order valence-corrected chi connectivity index (χ1v) is 8.70. The Balaban J connectivity index is 1.60. The Morgan fingerprint density at radius 3 is 2.32 bits per heavy atom. The van der Waals surface area contributed by atoms with Crippen LogP contribution in [0, 0.1) is 0 Å². The molecule has 1 heterocycles. The number of rotatable bonds is 4. The van der Waals surface area contributed by atoms with Crippen molar-refractivity contribution in [2.75, 3.05) is 0 Å². The normalized spacial score (nSPS) is 10.3. The zero-order valence-electron chi connectivity index (χ0n) is 13.7. The van der Waals surface area contributed by atoms with E-state index in [2.05, 4.69) is 15.8 Å². The number of carbonyl (C=O) groups excluding carboxylic acids is 2. The van der Waals surface area contributed by atoms with Crippen LogP contribution in [0.1, 0.15) is 32.5 Å². The Morgan fingerprint density at radius 1 is 0.960 bits per heavy atom. The highest BCUT2D eigenvalue weighted by Crippen LogP contribution is 2.24. The molecule has 0 bridgehead atoms. The molecule has 0 fully saturated rings. The highest BCUT2D eigenvalue weighted by molar-refractivity contribution is 7.16. The van der Waals surface area contributed by atoms with E-state index in [9.17, 15) is 9.59 Å². The van der Waals surface area contributed by atoms with E-state index in [0.29, 0.717) is 10.4 Å². The molecule has 5 nitrogen and oxygen atoms in total. The Kier molecular flexibility index (Phi) is 5.20. The maximum Gasteiger partial charge on any atom is 0.281 e. The lowest BCUT2D eigenvalue weighted by Gasteiger charge is -2.06. The van der Waals surface area contributed by atoms with E-state index < -0.39 is 5.91 Å². The third-order valence-electron chi connectivity index (χ3n) is 3.66. The van der Waals surface area contributed by atoms with Crippen LogP contribution in [-0.4, -0.2) is 16.8 Å². The Labute approximate surface area is 149 Å². The third kappa shape index (κ3) is 4.10. The van der Waals surface area contributed by atoms with Crippen LogP contribution in [0.5, 0.6) is 0 Å². The topological polar surface area (TPSA) is 71.1 Å². The molecule has 0 unspecified atom stereocenters. The van der Waals surface area contributed by atoms with Gasteiger partial charge in [-0.3, -0.25) is 20.4 Å². The van der Waals surface area contributed by atoms with Crippen LogP contribution in [-0.2, 0) is 6.42 Å². The molecular formula is C19H17N3O2S. The van der Waals surface area contributed by atoms with Gasteiger partial charge in [-0.25, -0.2) is 4.98 Å². The molecule has 0 spiro atoms. The SMILES string of the molecule is CCc1ccc(C(=O)NNC(=O)c2cnc(-c3ccccc3)s2)cc1. The molecule has 0 aliphatic heterocycles. The quantitative estimate of drug-likeness (QED) is 0.707. The maximum atomic E-state index is 12.2. The van der Waals surface area contributed by atoms with Crippen LogP contribution in [0.25, 0.3) is 10.6 Å². The van der Waals surface area contributed by atoms with Gasteiger partial charge in [-0.1, -0.05) is 49.4 Å².